The number of aryl methyl sites for hydroxylation is 1. The largest absolute Gasteiger partial charge is 0.396 e. The maximum absolute atomic E-state index is 12.4. The van der Waals surface area contributed by atoms with Crippen LogP contribution < -0.4 is 5.32 Å². The average Bonchev–Trinajstić information content (AvgIpc) is 2.49. The van der Waals surface area contributed by atoms with Crippen LogP contribution in [0.3, 0.4) is 0 Å². The first-order chi connectivity index (χ1) is 10.9. The van der Waals surface area contributed by atoms with Crippen molar-refractivity contribution >= 4 is 5.91 Å². The van der Waals surface area contributed by atoms with Crippen LogP contribution in [0.15, 0.2) is 24.3 Å². The molecule has 23 heavy (non-hydrogen) atoms. The zero-order valence-electron chi connectivity index (χ0n) is 14.6. The summed E-state index contributed by atoms with van der Waals surface area (Å²) in [6.45, 7) is 7.28. The highest BCUT2D eigenvalue weighted by Crippen LogP contribution is 2.34. The molecule has 2 N–H and O–H groups in total. The molecule has 0 aromatic heterocycles. The molecule has 0 aliphatic heterocycles. The number of amides is 1. The van der Waals surface area contributed by atoms with E-state index in [0.29, 0.717) is 13.0 Å². The Kier molecular flexibility index (Phi) is 6.19. The number of aliphatic hydroxyl groups excluding tert-OH is 1. The van der Waals surface area contributed by atoms with Gasteiger partial charge in [0.2, 0.25) is 5.91 Å². The maximum atomic E-state index is 12.4. The Hall–Kier alpha value is -1.39. The van der Waals surface area contributed by atoms with Crippen molar-refractivity contribution in [3.8, 4) is 0 Å². The van der Waals surface area contributed by atoms with Crippen LogP contribution in [0.5, 0.6) is 0 Å². The molecule has 1 atom stereocenters. The first-order valence-corrected chi connectivity index (χ1v) is 8.64. The fourth-order valence-electron chi connectivity index (χ4n) is 3.37. The van der Waals surface area contributed by atoms with Crippen LogP contribution in [0.1, 0.15) is 57.2 Å². The van der Waals surface area contributed by atoms with Crippen molar-refractivity contribution in [1.82, 2.24) is 10.2 Å². The molecule has 0 saturated carbocycles. The number of nitrogens with one attached hydrogen (secondary N) is 1. The second kappa shape index (κ2) is 7.93. The van der Waals surface area contributed by atoms with Crippen LogP contribution in [0.25, 0.3) is 0 Å². The Labute approximate surface area is 139 Å². The smallest absolute Gasteiger partial charge is 0.234 e. The number of carbonyl (C=O) groups is 1. The Morgan fingerprint density at radius 1 is 1.35 bits per heavy atom. The van der Waals surface area contributed by atoms with Crippen molar-refractivity contribution < 1.29 is 9.90 Å². The fourth-order valence-corrected chi connectivity index (χ4v) is 3.37. The lowest BCUT2D eigenvalue weighted by atomic mass is 9.86. The van der Waals surface area contributed by atoms with Gasteiger partial charge in [-0.15, -0.1) is 0 Å². The number of carbonyl (C=O) groups excluding carboxylic acids is 1. The minimum Gasteiger partial charge on any atom is -0.396 e. The van der Waals surface area contributed by atoms with E-state index in [1.165, 1.54) is 11.1 Å². The van der Waals surface area contributed by atoms with Crippen molar-refractivity contribution in [3.63, 3.8) is 0 Å². The third-order valence-electron chi connectivity index (χ3n) is 4.24. The summed E-state index contributed by atoms with van der Waals surface area (Å²) in [7, 11) is 0. The molecule has 1 amide bonds. The molecule has 4 nitrogen and oxygen atoms in total. The number of nitrogens with zero attached hydrogens (tertiary/aromatic N) is 1. The summed E-state index contributed by atoms with van der Waals surface area (Å²) in [6, 6.07) is 8.83. The van der Waals surface area contributed by atoms with E-state index in [2.05, 4.69) is 34.5 Å². The molecule has 4 heteroatoms. The standard InChI is InChI=1S/C19H30N2O2/c1-19(2,3)20-18(23)14-21(12-7-13-22)17-11-6-9-15-8-4-5-10-16(15)17/h4-5,8,10,17,22H,6-7,9,11-14H2,1-3H3,(H,20,23). The summed E-state index contributed by atoms with van der Waals surface area (Å²) in [5, 5.41) is 12.2. The van der Waals surface area contributed by atoms with Crippen LogP contribution in [0, 0.1) is 0 Å². The van der Waals surface area contributed by atoms with Crippen molar-refractivity contribution in [3.05, 3.63) is 35.4 Å². The van der Waals surface area contributed by atoms with Gasteiger partial charge in [-0.3, -0.25) is 9.69 Å². The number of benzene rings is 1. The van der Waals surface area contributed by atoms with Gasteiger partial charge in [-0.05, 0) is 57.6 Å². The van der Waals surface area contributed by atoms with Crippen LogP contribution in [0.4, 0.5) is 0 Å². The third-order valence-corrected chi connectivity index (χ3v) is 4.24. The SMILES string of the molecule is CC(C)(C)NC(=O)CN(CCCO)C1CCCc2ccccc21. The van der Waals surface area contributed by atoms with E-state index >= 15 is 0 Å². The maximum Gasteiger partial charge on any atom is 0.234 e. The molecule has 0 heterocycles. The van der Waals surface area contributed by atoms with Crippen molar-refractivity contribution in [1.29, 1.82) is 0 Å². The highest BCUT2D eigenvalue weighted by atomic mass is 16.3. The summed E-state index contributed by atoms with van der Waals surface area (Å²) in [5.74, 6) is 0.0542. The van der Waals surface area contributed by atoms with E-state index in [9.17, 15) is 9.90 Å². The third kappa shape index (κ3) is 5.33. The number of hydrogen-bond donors (Lipinski definition) is 2. The zero-order chi connectivity index (χ0) is 16.9. The normalized spacial score (nSPS) is 17.9. The van der Waals surface area contributed by atoms with E-state index in [0.717, 1.165) is 25.8 Å². The average molecular weight is 318 g/mol. The molecule has 0 radical (unpaired) electrons. The van der Waals surface area contributed by atoms with Gasteiger partial charge in [0.05, 0.1) is 6.54 Å². The van der Waals surface area contributed by atoms with Crippen molar-refractivity contribution in [2.45, 2.75) is 58.0 Å². The Bertz CT molecular complexity index is 522. The topological polar surface area (TPSA) is 52.6 Å². The molecule has 1 aliphatic carbocycles. The number of aliphatic hydroxyl groups is 1. The van der Waals surface area contributed by atoms with E-state index in [-0.39, 0.29) is 24.1 Å². The lowest BCUT2D eigenvalue weighted by molar-refractivity contribution is -0.124. The highest BCUT2D eigenvalue weighted by Gasteiger charge is 2.27. The van der Waals surface area contributed by atoms with E-state index in [4.69, 9.17) is 0 Å². The van der Waals surface area contributed by atoms with Gasteiger partial charge < -0.3 is 10.4 Å². The highest BCUT2D eigenvalue weighted by molar-refractivity contribution is 5.78. The Morgan fingerprint density at radius 3 is 2.78 bits per heavy atom. The molecular formula is C19H30N2O2. The van der Waals surface area contributed by atoms with Crippen molar-refractivity contribution in [2.24, 2.45) is 0 Å². The van der Waals surface area contributed by atoms with Crippen molar-refractivity contribution in [2.75, 3.05) is 19.7 Å². The van der Waals surface area contributed by atoms with Gasteiger partial charge in [-0.25, -0.2) is 0 Å². The van der Waals surface area contributed by atoms with Gasteiger partial charge in [0, 0.05) is 24.7 Å². The number of fused-ring (bicyclic) bond motifs is 1. The summed E-state index contributed by atoms with van der Waals surface area (Å²) >= 11 is 0. The summed E-state index contributed by atoms with van der Waals surface area (Å²) in [5.41, 5.74) is 2.53. The summed E-state index contributed by atoms with van der Waals surface area (Å²) in [4.78, 5) is 14.6. The molecular weight excluding hydrogens is 288 g/mol. The lowest BCUT2D eigenvalue weighted by Crippen LogP contribution is -2.47. The van der Waals surface area contributed by atoms with Gasteiger partial charge >= 0.3 is 0 Å². The molecule has 2 rings (SSSR count). The molecule has 1 aliphatic rings. The minimum absolute atomic E-state index is 0.0542. The summed E-state index contributed by atoms with van der Waals surface area (Å²) < 4.78 is 0. The number of hydrogen-bond acceptors (Lipinski definition) is 3. The molecule has 1 unspecified atom stereocenters. The summed E-state index contributed by atoms with van der Waals surface area (Å²) in [6.07, 6.45) is 4.04. The van der Waals surface area contributed by atoms with Crippen LogP contribution in [0.2, 0.25) is 0 Å². The van der Waals surface area contributed by atoms with E-state index in [1.807, 2.05) is 20.8 Å². The Morgan fingerprint density at radius 2 is 2.09 bits per heavy atom. The first-order valence-electron chi connectivity index (χ1n) is 8.64. The second-order valence-corrected chi connectivity index (χ2v) is 7.45. The molecule has 0 bridgehead atoms. The molecule has 1 aromatic carbocycles. The van der Waals surface area contributed by atoms with Crippen LogP contribution in [-0.2, 0) is 11.2 Å². The van der Waals surface area contributed by atoms with Crippen LogP contribution in [-0.4, -0.2) is 41.1 Å². The quantitative estimate of drug-likeness (QED) is 0.848. The molecule has 0 fully saturated rings. The lowest BCUT2D eigenvalue weighted by Gasteiger charge is -2.36. The van der Waals surface area contributed by atoms with Crippen LogP contribution >= 0.6 is 0 Å². The van der Waals surface area contributed by atoms with Gasteiger partial charge in [0.25, 0.3) is 0 Å². The predicted molar refractivity (Wildman–Crippen MR) is 93.3 cm³/mol. The Balaban J connectivity index is 2.14. The van der Waals surface area contributed by atoms with E-state index < -0.39 is 0 Å². The monoisotopic (exact) mass is 318 g/mol. The van der Waals surface area contributed by atoms with Gasteiger partial charge in [-0.1, -0.05) is 24.3 Å². The zero-order valence-corrected chi connectivity index (χ0v) is 14.6. The van der Waals surface area contributed by atoms with Gasteiger partial charge in [0.1, 0.15) is 0 Å². The van der Waals surface area contributed by atoms with Gasteiger partial charge in [-0.2, -0.15) is 0 Å². The molecule has 1 aromatic rings. The molecule has 0 saturated heterocycles. The fraction of sp³-hybridized carbons (Fsp3) is 0.632. The number of rotatable bonds is 6. The molecule has 0 spiro atoms. The van der Waals surface area contributed by atoms with Gasteiger partial charge in [0.15, 0.2) is 0 Å². The first kappa shape index (κ1) is 18.0. The second-order valence-electron chi connectivity index (χ2n) is 7.45. The minimum atomic E-state index is -0.218. The van der Waals surface area contributed by atoms with E-state index in [1.54, 1.807) is 0 Å². The predicted octanol–water partition coefficient (Wildman–Crippen LogP) is 2.66. The molecule has 128 valence electrons.